The van der Waals surface area contributed by atoms with Crippen LogP contribution < -0.4 is 10.5 Å². The van der Waals surface area contributed by atoms with Crippen molar-refractivity contribution in [2.75, 3.05) is 5.73 Å². The SMILES string of the molecule is Cc1ccc(F)cc1Oc1ccc(N)c(C#N)n1. The number of nitrogens with zero attached hydrogens (tertiary/aromatic N) is 2. The Labute approximate surface area is 103 Å². The third kappa shape index (κ3) is 2.38. The van der Waals surface area contributed by atoms with Gasteiger partial charge in [0.15, 0.2) is 5.69 Å². The molecule has 4 nitrogen and oxygen atoms in total. The summed E-state index contributed by atoms with van der Waals surface area (Å²) in [4.78, 5) is 3.93. The Morgan fingerprint density at radius 1 is 1.33 bits per heavy atom. The first-order chi connectivity index (χ1) is 8.60. The van der Waals surface area contributed by atoms with Crippen LogP contribution in [-0.4, -0.2) is 4.98 Å². The van der Waals surface area contributed by atoms with Crippen LogP contribution in [0.25, 0.3) is 0 Å². The molecule has 0 atom stereocenters. The zero-order chi connectivity index (χ0) is 13.1. The summed E-state index contributed by atoms with van der Waals surface area (Å²) in [5.74, 6) is 0.164. The number of hydrogen-bond donors (Lipinski definition) is 1. The molecule has 1 aromatic carbocycles. The van der Waals surface area contributed by atoms with Gasteiger partial charge in [-0.05, 0) is 24.6 Å². The first-order valence-corrected chi connectivity index (χ1v) is 5.21. The van der Waals surface area contributed by atoms with Gasteiger partial charge in [-0.3, -0.25) is 0 Å². The van der Waals surface area contributed by atoms with Gasteiger partial charge in [0, 0.05) is 12.1 Å². The Kier molecular flexibility index (Phi) is 3.11. The van der Waals surface area contributed by atoms with Crippen molar-refractivity contribution in [2.24, 2.45) is 0 Å². The van der Waals surface area contributed by atoms with Crippen molar-refractivity contribution in [2.45, 2.75) is 6.92 Å². The molecule has 2 rings (SSSR count). The van der Waals surface area contributed by atoms with Crippen molar-refractivity contribution in [3.8, 4) is 17.7 Å². The summed E-state index contributed by atoms with van der Waals surface area (Å²) >= 11 is 0. The van der Waals surface area contributed by atoms with E-state index in [9.17, 15) is 4.39 Å². The van der Waals surface area contributed by atoms with Crippen LogP contribution in [0.3, 0.4) is 0 Å². The van der Waals surface area contributed by atoms with E-state index < -0.39 is 5.82 Å². The highest BCUT2D eigenvalue weighted by Gasteiger charge is 2.07. The van der Waals surface area contributed by atoms with Crippen LogP contribution in [0.5, 0.6) is 11.6 Å². The summed E-state index contributed by atoms with van der Waals surface area (Å²) in [6.45, 7) is 1.79. The standard InChI is InChI=1S/C13H10FN3O/c1-8-2-3-9(14)6-12(8)18-13-5-4-10(16)11(7-15)17-13/h2-6H,16H2,1H3. The molecular weight excluding hydrogens is 233 g/mol. The van der Waals surface area contributed by atoms with E-state index in [4.69, 9.17) is 15.7 Å². The van der Waals surface area contributed by atoms with Crippen LogP contribution in [0.15, 0.2) is 30.3 Å². The second-order valence-electron chi connectivity index (χ2n) is 3.71. The molecule has 0 bridgehead atoms. The molecule has 5 heteroatoms. The minimum absolute atomic E-state index is 0.0848. The predicted molar refractivity (Wildman–Crippen MR) is 64.6 cm³/mol. The molecule has 90 valence electrons. The fourth-order valence-corrected chi connectivity index (χ4v) is 1.39. The molecule has 0 aliphatic rings. The van der Waals surface area contributed by atoms with Crippen LogP contribution in [0.1, 0.15) is 11.3 Å². The summed E-state index contributed by atoms with van der Waals surface area (Å²) in [6, 6.07) is 9.12. The molecule has 2 N–H and O–H groups in total. The highest BCUT2D eigenvalue weighted by Crippen LogP contribution is 2.25. The Hall–Kier alpha value is -2.61. The topological polar surface area (TPSA) is 71.9 Å². The quantitative estimate of drug-likeness (QED) is 0.880. The van der Waals surface area contributed by atoms with Gasteiger partial charge in [0.05, 0.1) is 5.69 Å². The summed E-state index contributed by atoms with van der Waals surface area (Å²) in [5, 5.41) is 8.80. The number of halogens is 1. The molecule has 0 aliphatic heterocycles. The average Bonchev–Trinajstić information content (AvgIpc) is 2.36. The van der Waals surface area contributed by atoms with Crippen LogP contribution in [0.4, 0.5) is 10.1 Å². The van der Waals surface area contributed by atoms with Crippen molar-refractivity contribution in [3.63, 3.8) is 0 Å². The third-order valence-electron chi connectivity index (χ3n) is 2.37. The molecule has 1 aromatic heterocycles. The van der Waals surface area contributed by atoms with E-state index in [0.717, 1.165) is 5.56 Å². The van der Waals surface area contributed by atoms with Crippen LogP contribution in [0, 0.1) is 24.1 Å². The number of nitrogens with two attached hydrogens (primary N) is 1. The Balaban J connectivity index is 2.34. The monoisotopic (exact) mass is 243 g/mol. The lowest BCUT2D eigenvalue weighted by Crippen LogP contribution is -1.97. The molecule has 0 spiro atoms. The van der Waals surface area contributed by atoms with Gasteiger partial charge in [-0.15, -0.1) is 0 Å². The molecule has 0 aliphatic carbocycles. The number of ether oxygens (including phenoxy) is 1. The van der Waals surface area contributed by atoms with Gasteiger partial charge >= 0.3 is 0 Å². The van der Waals surface area contributed by atoms with Gasteiger partial charge in [0.1, 0.15) is 17.6 Å². The molecule has 1 heterocycles. The van der Waals surface area contributed by atoms with E-state index in [1.54, 1.807) is 13.0 Å². The lowest BCUT2D eigenvalue weighted by Gasteiger charge is -2.08. The van der Waals surface area contributed by atoms with Crippen molar-refractivity contribution < 1.29 is 9.13 Å². The molecule has 0 saturated carbocycles. The maximum Gasteiger partial charge on any atom is 0.220 e. The van der Waals surface area contributed by atoms with Crippen molar-refractivity contribution in [1.82, 2.24) is 4.98 Å². The molecule has 2 aromatic rings. The molecule has 0 unspecified atom stereocenters. The Morgan fingerprint density at radius 3 is 2.83 bits per heavy atom. The fraction of sp³-hybridized carbons (Fsp3) is 0.0769. The summed E-state index contributed by atoms with van der Waals surface area (Å²) in [6.07, 6.45) is 0. The molecule has 0 amide bonds. The van der Waals surface area contributed by atoms with E-state index in [0.29, 0.717) is 5.75 Å². The summed E-state index contributed by atoms with van der Waals surface area (Å²) in [5.41, 5.74) is 6.68. The van der Waals surface area contributed by atoms with Crippen molar-refractivity contribution >= 4 is 5.69 Å². The highest BCUT2D eigenvalue weighted by atomic mass is 19.1. The normalized spacial score (nSPS) is 9.83. The van der Waals surface area contributed by atoms with Crippen LogP contribution in [-0.2, 0) is 0 Å². The molecule has 0 radical (unpaired) electrons. The number of aryl methyl sites for hydroxylation is 1. The number of anilines is 1. The number of hydrogen-bond acceptors (Lipinski definition) is 4. The molecule has 18 heavy (non-hydrogen) atoms. The Bertz CT molecular complexity index is 635. The number of benzene rings is 1. The summed E-state index contributed by atoms with van der Waals surface area (Å²) < 4.78 is 18.5. The second-order valence-corrected chi connectivity index (χ2v) is 3.71. The van der Waals surface area contributed by atoms with Crippen LogP contribution in [0.2, 0.25) is 0 Å². The van der Waals surface area contributed by atoms with Gasteiger partial charge in [-0.25, -0.2) is 9.37 Å². The van der Waals surface area contributed by atoms with Crippen molar-refractivity contribution in [3.05, 3.63) is 47.4 Å². The summed E-state index contributed by atoms with van der Waals surface area (Å²) in [7, 11) is 0. The largest absolute Gasteiger partial charge is 0.439 e. The van der Waals surface area contributed by atoms with E-state index in [1.165, 1.54) is 24.3 Å². The average molecular weight is 243 g/mol. The first-order valence-electron chi connectivity index (χ1n) is 5.21. The van der Waals surface area contributed by atoms with Gasteiger partial charge in [-0.2, -0.15) is 5.26 Å². The van der Waals surface area contributed by atoms with Gasteiger partial charge < -0.3 is 10.5 Å². The van der Waals surface area contributed by atoms with E-state index in [1.807, 2.05) is 6.07 Å². The Morgan fingerprint density at radius 2 is 2.11 bits per heavy atom. The maximum absolute atomic E-state index is 13.1. The zero-order valence-electron chi connectivity index (χ0n) is 9.64. The fourth-order valence-electron chi connectivity index (χ4n) is 1.39. The number of nitrogen functional groups attached to an aromatic ring is 1. The minimum Gasteiger partial charge on any atom is -0.439 e. The van der Waals surface area contributed by atoms with Gasteiger partial charge in [-0.1, -0.05) is 6.07 Å². The molecule has 0 fully saturated rings. The molecule has 0 saturated heterocycles. The lowest BCUT2D eigenvalue weighted by atomic mass is 10.2. The minimum atomic E-state index is -0.397. The van der Waals surface area contributed by atoms with E-state index in [-0.39, 0.29) is 17.3 Å². The highest BCUT2D eigenvalue weighted by molar-refractivity contribution is 5.51. The van der Waals surface area contributed by atoms with Crippen molar-refractivity contribution in [1.29, 1.82) is 5.26 Å². The predicted octanol–water partition coefficient (Wildman–Crippen LogP) is 2.78. The van der Waals surface area contributed by atoms with Gasteiger partial charge in [0.2, 0.25) is 5.88 Å². The number of pyridine rings is 1. The van der Waals surface area contributed by atoms with E-state index in [2.05, 4.69) is 4.98 Å². The molecular formula is C13H10FN3O. The van der Waals surface area contributed by atoms with Crippen LogP contribution >= 0.6 is 0 Å². The third-order valence-corrected chi connectivity index (χ3v) is 2.37. The maximum atomic E-state index is 13.1. The second kappa shape index (κ2) is 4.72. The lowest BCUT2D eigenvalue weighted by molar-refractivity contribution is 0.454. The number of nitriles is 1. The smallest absolute Gasteiger partial charge is 0.220 e. The van der Waals surface area contributed by atoms with Gasteiger partial charge in [0.25, 0.3) is 0 Å². The van der Waals surface area contributed by atoms with E-state index >= 15 is 0 Å². The number of rotatable bonds is 2. The number of aromatic nitrogens is 1. The zero-order valence-corrected chi connectivity index (χ0v) is 9.64. The first kappa shape index (κ1) is 11.9.